The van der Waals surface area contributed by atoms with Crippen molar-refractivity contribution in [3.63, 3.8) is 0 Å². The summed E-state index contributed by atoms with van der Waals surface area (Å²) in [5, 5.41) is 6.61. The molecule has 1 amide bonds. The third-order valence-corrected chi connectivity index (χ3v) is 4.76. The maximum Gasteiger partial charge on any atom is 0.277 e. The Morgan fingerprint density at radius 3 is 2.56 bits per heavy atom. The summed E-state index contributed by atoms with van der Waals surface area (Å²) in [4.78, 5) is 23.3. The van der Waals surface area contributed by atoms with Crippen molar-refractivity contribution in [1.29, 1.82) is 0 Å². The van der Waals surface area contributed by atoms with Crippen molar-refractivity contribution in [3.8, 4) is 11.3 Å². The van der Waals surface area contributed by atoms with E-state index in [1.807, 2.05) is 30.3 Å². The maximum atomic E-state index is 12.4. The molecule has 1 aliphatic rings. The van der Waals surface area contributed by atoms with Crippen LogP contribution < -0.4 is 10.2 Å². The normalized spacial score (nSPS) is 14.9. The largest absolute Gasteiger partial charge is 0.355 e. The number of amides is 1. The molecule has 3 aromatic rings. The Balaban J connectivity index is 1.40. The molecule has 3 heterocycles. The fraction of sp³-hybridized carbons (Fsp3) is 0.300. The van der Waals surface area contributed by atoms with Crippen molar-refractivity contribution < 1.29 is 9.32 Å². The van der Waals surface area contributed by atoms with E-state index in [-0.39, 0.29) is 11.6 Å². The summed E-state index contributed by atoms with van der Waals surface area (Å²) in [6.45, 7) is 4.20. The third kappa shape index (κ3) is 3.97. The van der Waals surface area contributed by atoms with Crippen LogP contribution in [-0.2, 0) is 0 Å². The van der Waals surface area contributed by atoms with Crippen LogP contribution in [0, 0.1) is 5.92 Å². The lowest BCUT2D eigenvalue weighted by molar-refractivity contribution is 0.101. The van der Waals surface area contributed by atoms with Gasteiger partial charge in [-0.1, -0.05) is 42.4 Å². The average Bonchev–Trinajstić information content (AvgIpc) is 3.20. The summed E-state index contributed by atoms with van der Waals surface area (Å²) >= 11 is 0. The van der Waals surface area contributed by atoms with Crippen LogP contribution in [0.1, 0.15) is 30.3 Å². The monoisotopic (exact) mass is 363 g/mol. The Bertz CT molecular complexity index is 900. The van der Waals surface area contributed by atoms with Gasteiger partial charge in [-0.15, -0.1) is 0 Å². The van der Waals surface area contributed by atoms with Gasteiger partial charge in [-0.3, -0.25) is 4.79 Å². The molecule has 0 saturated carbocycles. The zero-order valence-corrected chi connectivity index (χ0v) is 15.1. The Hall–Kier alpha value is -3.22. The van der Waals surface area contributed by atoms with Gasteiger partial charge in [-0.25, -0.2) is 9.97 Å². The van der Waals surface area contributed by atoms with Gasteiger partial charge in [0.25, 0.3) is 5.91 Å². The summed E-state index contributed by atoms with van der Waals surface area (Å²) < 4.78 is 5.27. The molecule has 0 aliphatic carbocycles. The lowest BCUT2D eigenvalue weighted by atomic mass is 10.00. The molecule has 1 saturated heterocycles. The molecular formula is C20H21N5O2. The molecule has 0 bridgehead atoms. The van der Waals surface area contributed by atoms with E-state index in [1.165, 1.54) is 0 Å². The number of rotatable bonds is 4. The average molecular weight is 363 g/mol. The molecule has 0 atom stereocenters. The van der Waals surface area contributed by atoms with Gasteiger partial charge in [0, 0.05) is 24.7 Å². The number of piperidine rings is 1. The molecule has 0 spiro atoms. The third-order valence-electron chi connectivity index (χ3n) is 4.76. The molecule has 0 radical (unpaired) electrons. The highest BCUT2D eigenvalue weighted by atomic mass is 16.5. The molecular weight excluding hydrogens is 342 g/mol. The zero-order chi connectivity index (χ0) is 18.6. The standard InChI is InChI=1S/C20H21N5O2/c1-14-7-9-25(10-8-14)20-21-12-16(13-22-20)23-19(26)17-11-18(27-24-17)15-5-3-2-4-6-15/h2-6,11-14H,7-10H2,1H3,(H,23,26). The van der Waals surface area contributed by atoms with Crippen LogP contribution in [0.5, 0.6) is 0 Å². The summed E-state index contributed by atoms with van der Waals surface area (Å²) in [5.74, 6) is 1.64. The second-order valence-electron chi connectivity index (χ2n) is 6.84. The topological polar surface area (TPSA) is 84.2 Å². The quantitative estimate of drug-likeness (QED) is 0.762. The smallest absolute Gasteiger partial charge is 0.277 e. The van der Waals surface area contributed by atoms with Crippen molar-refractivity contribution >= 4 is 17.5 Å². The number of anilines is 2. The summed E-state index contributed by atoms with van der Waals surface area (Å²) in [7, 11) is 0. The first-order valence-electron chi connectivity index (χ1n) is 9.09. The predicted molar refractivity (Wildman–Crippen MR) is 103 cm³/mol. The predicted octanol–water partition coefficient (Wildman–Crippen LogP) is 3.62. The van der Waals surface area contributed by atoms with Crippen molar-refractivity contribution in [2.45, 2.75) is 19.8 Å². The van der Waals surface area contributed by atoms with Crippen LogP contribution >= 0.6 is 0 Å². The van der Waals surface area contributed by atoms with Crippen molar-refractivity contribution in [2.75, 3.05) is 23.3 Å². The highest BCUT2D eigenvalue weighted by Gasteiger charge is 2.18. The number of nitrogens with one attached hydrogen (secondary N) is 1. The fourth-order valence-electron chi connectivity index (χ4n) is 3.07. The van der Waals surface area contributed by atoms with Crippen LogP contribution in [-0.4, -0.2) is 34.1 Å². The fourth-order valence-corrected chi connectivity index (χ4v) is 3.07. The number of carbonyl (C=O) groups is 1. The van der Waals surface area contributed by atoms with Gasteiger partial charge in [0.2, 0.25) is 5.95 Å². The zero-order valence-electron chi connectivity index (χ0n) is 15.1. The van der Waals surface area contributed by atoms with Gasteiger partial charge in [0.1, 0.15) is 0 Å². The number of hydrogen-bond donors (Lipinski definition) is 1. The van der Waals surface area contributed by atoms with Gasteiger partial charge in [-0.2, -0.15) is 0 Å². The number of hydrogen-bond acceptors (Lipinski definition) is 6. The lowest BCUT2D eigenvalue weighted by Gasteiger charge is -2.30. The Labute approximate surface area is 157 Å². The first-order valence-corrected chi connectivity index (χ1v) is 9.09. The molecule has 7 nitrogen and oxygen atoms in total. The molecule has 1 N–H and O–H groups in total. The molecule has 7 heteroatoms. The number of nitrogens with zero attached hydrogens (tertiary/aromatic N) is 4. The van der Waals surface area contributed by atoms with Crippen molar-refractivity contribution in [3.05, 3.63) is 54.5 Å². The second-order valence-corrected chi connectivity index (χ2v) is 6.84. The van der Waals surface area contributed by atoms with Gasteiger partial charge in [0.15, 0.2) is 11.5 Å². The van der Waals surface area contributed by atoms with E-state index in [0.717, 1.165) is 37.4 Å². The minimum atomic E-state index is -0.357. The van der Waals surface area contributed by atoms with E-state index < -0.39 is 0 Å². The molecule has 2 aromatic heterocycles. The minimum Gasteiger partial charge on any atom is -0.355 e. The molecule has 4 rings (SSSR count). The van der Waals surface area contributed by atoms with E-state index in [9.17, 15) is 4.79 Å². The number of carbonyl (C=O) groups excluding carboxylic acids is 1. The molecule has 138 valence electrons. The van der Waals surface area contributed by atoms with Crippen LogP contribution in [0.4, 0.5) is 11.6 Å². The molecule has 0 unspecified atom stereocenters. The summed E-state index contributed by atoms with van der Waals surface area (Å²) in [5.41, 5.74) is 1.61. The first kappa shape index (κ1) is 17.2. The molecule has 1 aromatic carbocycles. The van der Waals surface area contributed by atoms with Crippen molar-refractivity contribution in [2.24, 2.45) is 5.92 Å². The summed E-state index contributed by atoms with van der Waals surface area (Å²) in [6.07, 6.45) is 5.54. The molecule has 27 heavy (non-hydrogen) atoms. The maximum absolute atomic E-state index is 12.4. The van der Waals surface area contributed by atoms with Crippen LogP contribution in [0.15, 0.2) is 53.3 Å². The number of aromatic nitrogens is 3. The van der Waals surface area contributed by atoms with E-state index in [4.69, 9.17) is 4.52 Å². The van der Waals surface area contributed by atoms with Crippen LogP contribution in [0.25, 0.3) is 11.3 Å². The van der Waals surface area contributed by atoms with E-state index >= 15 is 0 Å². The highest BCUT2D eigenvalue weighted by Crippen LogP contribution is 2.22. The van der Waals surface area contributed by atoms with Gasteiger partial charge < -0.3 is 14.7 Å². The summed E-state index contributed by atoms with van der Waals surface area (Å²) in [6, 6.07) is 11.1. The number of benzene rings is 1. The lowest BCUT2D eigenvalue weighted by Crippen LogP contribution is -2.34. The van der Waals surface area contributed by atoms with Gasteiger partial charge >= 0.3 is 0 Å². The SMILES string of the molecule is CC1CCN(c2ncc(NC(=O)c3cc(-c4ccccc4)on3)cn2)CC1. The van der Waals surface area contributed by atoms with E-state index in [0.29, 0.717) is 17.4 Å². The van der Waals surface area contributed by atoms with E-state index in [1.54, 1.807) is 18.5 Å². The van der Waals surface area contributed by atoms with Crippen LogP contribution in [0.3, 0.4) is 0 Å². The van der Waals surface area contributed by atoms with Gasteiger partial charge in [-0.05, 0) is 18.8 Å². The van der Waals surface area contributed by atoms with Gasteiger partial charge in [0.05, 0.1) is 18.1 Å². The van der Waals surface area contributed by atoms with E-state index in [2.05, 4.69) is 32.3 Å². The van der Waals surface area contributed by atoms with Crippen LogP contribution in [0.2, 0.25) is 0 Å². The van der Waals surface area contributed by atoms with Crippen molar-refractivity contribution in [1.82, 2.24) is 15.1 Å². The highest BCUT2D eigenvalue weighted by molar-refractivity contribution is 6.03. The Morgan fingerprint density at radius 2 is 1.85 bits per heavy atom. The first-order chi connectivity index (χ1) is 13.2. The molecule has 1 aliphatic heterocycles. The second kappa shape index (κ2) is 7.57. The molecule has 1 fully saturated rings. The Morgan fingerprint density at radius 1 is 1.15 bits per heavy atom. The minimum absolute atomic E-state index is 0.211. The Kier molecular flexibility index (Phi) is 4.82.